The summed E-state index contributed by atoms with van der Waals surface area (Å²) in [6, 6.07) is 42.5. The van der Waals surface area contributed by atoms with E-state index in [9.17, 15) is 19.2 Å². The highest BCUT2D eigenvalue weighted by Crippen LogP contribution is 2.45. The fourth-order valence-corrected chi connectivity index (χ4v) is 9.80. The van der Waals surface area contributed by atoms with E-state index < -0.39 is 23.0 Å². The van der Waals surface area contributed by atoms with Crippen LogP contribution in [0.15, 0.2) is 150 Å². The zero-order valence-corrected chi connectivity index (χ0v) is 37.4. The number of nitrogens with one attached hydrogen (secondary N) is 3. The van der Waals surface area contributed by atoms with Crippen molar-refractivity contribution in [3.63, 3.8) is 0 Å². The standard InChI is InChI=1S/C52H51N3O6S2/c1-5-60-51(59)45-42-29-26-38(52(2,3)4)31-44(42)63-50(45)55-49(58)46(36-18-11-7-12-19-36)62-41-23-15-22-39(32-41)53-48(57)43(54-47(56)37-20-13-8-14-21-37)30-34-24-27-40(28-25-34)61-33-35-16-9-6-10-17-35/h6-25,27-28,30,32,38,46H,5,26,29,31,33H2,1-4H3,(H,53,57)(H,54,56)(H,55,58)/b43-30+. The zero-order chi connectivity index (χ0) is 44.3. The monoisotopic (exact) mass is 877 g/mol. The third kappa shape index (κ3) is 11.7. The van der Waals surface area contributed by atoms with Gasteiger partial charge in [-0.3, -0.25) is 14.4 Å². The smallest absolute Gasteiger partial charge is 0.341 e. The molecule has 7 rings (SSSR count). The maximum Gasteiger partial charge on any atom is 0.341 e. The first-order valence-electron chi connectivity index (χ1n) is 21.1. The topological polar surface area (TPSA) is 123 Å². The molecule has 1 aliphatic carbocycles. The lowest BCUT2D eigenvalue weighted by atomic mass is 9.72. The molecule has 1 heterocycles. The van der Waals surface area contributed by atoms with Crippen LogP contribution < -0.4 is 20.7 Å². The van der Waals surface area contributed by atoms with Crippen LogP contribution in [0.2, 0.25) is 0 Å². The lowest BCUT2D eigenvalue weighted by molar-refractivity contribution is -0.116. The molecule has 0 radical (unpaired) electrons. The number of anilines is 2. The van der Waals surface area contributed by atoms with Gasteiger partial charge in [-0.15, -0.1) is 23.1 Å². The van der Waals surface area contributed by atoms with Crippen LogP contribution in [0.1, 0.15) is 87.2 Å². The molecule has 0 spiro atoms. The molecule has 63 heavy (non-hydrogen) atoms. The normalized spacial score (nSPS) is 14.2. The summed E-state index contributed by atoms with van der Waals surface area (Å²) in [7, 11) is 0. The molecular formula is C52H51N3O6S2. The lowest BCUT2D eigenvalue weighted by Crippen LogP contribution is -2.30. The van der Waals surface area contributed by atoms with Gasteiger partial charge in [0.05, 0.1) is 12.2 Å². The zero-order valence-electron chi connectivity index (χ0n) is 35.8. The molecule has 2 unspecified atom stereocenters. The number of esters is 1. The minimum atomic E-state index is -0.714. The van der Waals surface area contributed by atoms with Gasteiger partial charge in [-0.1, -0.05) is 118 Å². The third-order valence-electron chi connectivity index (χ3n) is 10.9. The first-order chi connectivity index (χ1) is 30.4. The predicted octanol–water partition coefficient (Wildman–Crippen LogP) is 11.5. The Labute approximate surface area is 377 Å². The maximum atomic E-state index is 14.5. The molecular weight excluding hydrogens is 827 g/mol. The van der Waals surface area contributed by atoms with Crippen molar-refractivity contribution in [3.8, 4) is 5.75 Å². The van der Waals surface area contributed by atoms with Crippen molar-refractivity contribution in [2.75, 3.05) is 17.2 Å². The number of amides is 3. The Morgan fingerprint density at radius 2 is 1.51 bits per heavy atom. The Balaban J connectivity index is 1.11. The Kier molecular flexibility index (Phi) is 14.6. The molecule has 3 amide bonds. The lowest BCUT2D eigenvalue weighted by Gasteiger charge is -2.33. The van der Waals surface area contributed by atoms with Gasteiger partial charge in [-0.05, 0) is 108 Å². The van der Waals surface area contributed by atoms with Gasteiger partial charge in [0.25, 0.3) is 11.8 Å². The minimum Gasteiger partial charge on any atom is -0.489 e. The quantitative estimate of drug-likeness (QED) is 0.0533. The number of benzene rings is 5. The Hall–Kier alpha value is -6.43. The summed E-state index contributed by atoms with van der Waals surface area (Å²) in [6.45, 7) is 9.16. The van der Waals surface area contributed by atoms with Crippen LogP contribution in [0, 0.1) is 11.3 Å². The first kappa shape index (κ1) is 44.6. The summed E-state index contributed by atoms with van der Waals surface area (Å²) in [5, 5.41) is 8.70. The Bertz CT molecular complexity index is 2570. The number of carbonyl (C=O) groups is 4. The second-order valence-corrected chi connectivity index (χ2v) is 18.6. The van der Waals surface area contributed by atoms with Gasteiger partial charge >= 0.3 is 5.97 Å². The molecule has 0 fully saturated rings. The highest BCUT2D eigenvalue weighted by atomic mass is 32.2. The van der Waals surface area contributed by atoms with Gasteiger partial charge in [-0.25, -0.2) is 4.79 Å². The molecule has 0 bridgehead atoms. The molecule has 3 N–H and O–H groups in total. The third-order valence-corrected chi connectivity index (χ3v) is 13.3. The molecule has 322 valence electrons. The molecule has 0 aliphatic heterocycles. The van der Waals surface area contributed by atoms with Crippen LogP contribution >= 0.6 is 23.1 Å². The van der Waals surface area contributed by atoms with Gasteiger partial charge < -0.3 is 25.4 Å². The summed E-state index contributed by atoms with van der Waals surface area (Å²) in [5.41, 5.74) is 4.92. The molecule has 1 aromatic heterocycles. The molecule has 1 aliphatic rings. The van der Waals surface area contributed by atoms with Crippen LogP contribution in [0.25, 0.3) is 6.08 Å². The summed E-state index contributed by atoms with van der Waals surface area (Å²) in [6.07, 6.45) is 4.15. The van der Waals surface area contributed by atoms with E-state index in [-0.39, 0.29) is 23.6 Å². The minimum absolute atomic E-state index is 0.0336. The van der Waals surface area contributed by atoms with Crippen molar-refractivity contribution in [2.45, 2.75) is 63.7 Å². The average molecular weight is 878 g/mol. The number of fused-ring (bicyclic) bond motifs is 1. The maximum absolute atomic E-state index is 14.5. The molecule has 0 saturated heterocycles. The number of hydrogen-bond donors (Lipinski definition) is 3. The number of ether oxygens (including phenoxy) is 2. The first-order valence-corrected chi connectivity index (χ1v) is 22.7. The summed E-state index contributed by atoms with van der Waals surface area (Å²) in [5.74, 6) is -0.577. The SMILES string of the molecule is CCOC(=O)c1c(NC(=O)C(Sc2cccc(NC(=O)/C(=C\c3ccc(OCc4ccccc4)cc3)NC(=O)c3ccccc3)c2)c2ccccc2)sc2c1CCC(C(C)(C)C)C2. The van der Waals surface area contributed by atoms with E-state index in [2.05, 4.69) is 36.7 Å². The van der Waals surface area contributed by atoms with Gasteiger partial charge in [0.2, 0.25) is 5.91 Å². The molecule has 9 nitrogen and oxygen atoms in total. The van der Waals surface area contributed by atoms with Gasteiger partial charge in [0.15, 0.2) is 0 Å². The number of thioether (sulfide) groups is 1. The largest absolute Gasteiger partial charge is 0.489 e. The highest BCUT2D eigenvalue weighted by Gasteiger charge is 2.35. The van der Waals surface area contributed by atoms with Crippen molar-refractivity contribution in [3.05, 3.63) is 183 Å². The van der Waals surface area contributed by atoms with E-state index in [4.69, 9.17) is 9.47 Å². The average Bonchev–Trinajstić information content (AvgIpc) is 3.65. The Morgan fingerprint density at radius 3 is 2.19 bits per heavy atom. The van der Waals surface area contributed by atoms with Crippen LogP contribution in [0.3, 0.4) is 0 Å². The molecule has 6 aromatic rings. The van der Waals surface area contributed by atoms with Crippen molar-refractivity contribution in [2.24, 2.45) is 11.3 Å². The van der Waals surface area contributed by atoms with E-state index >= 15 is 0 Å². The fourth-order valence-electron chi connectivity index (χ4n) is 7.40. The van der Waals surface area contributed by atoms with E-state index in [1.165, 1.54) is 23.1 Å². The number of carbonyl (C=O) groups excluding carboxylic acids is 4. The fraction of sp³-hybridized carbons (Fsp3) is 0.231. The predicted molar refractivity (Wildman–Crippen MR) is 253 cm³/mol. The molecule has 2 atom stereocenters. The second kappa shape index (κ2) is 20.6. The summed E-state index contributed by atoms with van der Waals surface area (Å²) >= 11 is 2.79. The summed E-state index contributed by atoms with van der Waals surface area (Å²) < 4.78 is 11.5. The van der Waals surface area contributed by atoms with Crippen molar-refractivity contribution >= 4 is 63.6 Å². The van der Waals surface area contributed by atoms with E-state index in [1.54, 1.807) is 55.5 Å². The van der Waals surface area contributed by atoms with Crippen molar-refractivity contribution in [1.82, 2.24) is 5.32 Å². The Morgan fingerprint density at radius 1 is 0.825 bits per heavy atom. The van der Waals surface area contributed by atoms with Gasteiger partial charge in [-0.2, -0.15) is 0 Å². The van der Waals surface area contributed by atoms with Crippen LogP contribution in [0.4, 0.5) is 10.7 Å². The van der Waals surface area contributed by atoms with E-state index in [0.717, 1.165) is 40.8 Å². The number of rotatable bonds is 15. The van der Waals surface area contributed by atoms with Crippen molar-refractivity contribution in [1.29, 1.82) is 0 Å². The molecule has 11 heteroatoms. The molecule has 0 saturated carbocycles. The summed E-state index contributed by atoms with van der Waals surface area (Å²) in [4.78, 5) is 57.1. The van der Waals surface area contributed by atoms with Crippen LogP contribution in [-0.4, -0.2) is 30.3 Å². The van der Waals surface area contributed by atoms with Crippen molar-refractivity contribution < 1.29 is 28.7 Å². The molecule has 5 aromatic carbocycles. The number of hydrogen-bond acceptors (Lipinski definition) is 8. The second-order valence-electron chi connectivity index (χ2n) is 16.3. The van der Waals surface area contributed by atoms with Crippen LogP contribution in [0.5, 0.6) is 5.75 Å². The van der Waals surface area contributed by atoms with E-state index in [0.29, 0.717) is 50.5 Å². The van der Waals surface area contributed by atoms with Gasteiger partial charge in [0, 0.05) is 21.0 Å². The highest BCUT2D eigenvalue weighted by molar-refractivity contribution is 8.00. The number of thiophene rings is 1. The van der Waals surface area contributed by atoms with Gasteiger partial charge in [0.1, 0.15) is 28.3 Å². The van der Waals surface area contributed by atoms with E-state index in [1.807, 2.05) is 97.1 Å². The van der Waals surface area contributed by atoms with Crippen LogP contribution in [-0.2, 0) is 33.8 Å².